The van der Waals surface area contributed by atoms with Crippen LogP contribution in [-0.4, -0.2) is 22.4 Å². The average molecular weight is 268 g/mol. The molecule has 104 valence electrons. The molecule has 0 heterocycles. The Bertz CT molecular complexity index is 496. The highest BCUT2D eigenvalue weighted by molar-refractivity contribution is 5.83. The van der Waals surface area contributed by atoms with Crippen LogP contribution >= 0.6 is 0 Å². The van der Waals surface area contributed by atoms with Gasteiger partial charge in [0, 0.05) is 19.6 Å². The molecule has 0 amide bonds. The Labute approximate surface area is 120 Å². The van der Waals surface area contributed by atoms with Crippen LogP contribution < -0.4 is 0 Å². The van der Waals surface area contributed by atoms with Gasteiger partial charge in [0.25, 0.3) is 0 Å². The van der Waals surface area contributed by atoms with E-state index in [1.54, 1.807) is 0 Å². The minimum atomic E-state index is 0.653. The van der Waals surface area contributed by atoms with Crippen LogP contribution in [-0.2, 0) is 13.1 Å². The number of hydrogen-bond donors (Lipinski definition) is 1. The van der Waals surface area contributed by atoms with Crippen molar-refractivity contribution in [1.82, 2.24) is 4.90 Å². The van der Waals surface area contributed by atoms with Crippen molar-refractivity contribution in [2.45, 2.75) is 20.0 Å². The summed E-state index contributed by atoms with van der Waals surface area (Å²) in [6.45, 7) is 4.16. The summed E-state index contributed by atoms with van der Waals surface area (Å²) in [4.78, 5) is 2.26. The first-order valence-corrected chi connectivity index (χ1v) is 6.75. The number of benzene rings is 2. The van der Waals surface area contributed by atoms with Crippen LogP contribution in [0.2, 0.25) is 0 Å². The zero-order chi connectivity index (χ0) is 14.2. The zero-order valence-corrected chi connectivity index (χ0v) is 11.7. The summed E-state index contributed by atoms with van der Waals surface area (Å²) >= 11 is 0. The normalized spacial score (nSPS) is 11.8. The third-order valence-electron chi connectivity index (χ3n) is 3.12. The van der Waals surface area contributed by atoms with Gasteiger partial charge in [-0.1, -0.05) is 65.8 Å². The summed E-state index contributed by atoms with van der Waals surface area (Å²) in [5.74, 6) is 0. The Balaban J connectivity index is 2.08. The summed E-state index contributed by atoms with van der Waals surface area (Å²) in [6.07, 6.45) is 0. The summed E-state index contributed by atoms with van der Waals surface area (Å²) in [5.41, 5.74) is 3.24. The molecule has 2 rings (SSSR count). The van der Waals surface area contributed by atoms with E-state index in [2.05, 4.69) is 34.3 Å². The molecule has 0 atom stereocenters. The lowest BCUT2D eigenvalue weighted by atomic mass is 10.1. The number of nitrogens with zero attached hydrogens (tertiary/aromatic N) is 2. The molecule has 3 nitrogen and oxygen atoms in total. The summed E-state index contributed by atoms with van der Waals surface area (Å²) < 4.78 is 0. The van der Waals surface area contributed by atoms with Crippen molar-refractivity contribution in [1.29, 1.82) is 0 Å². The SMILES string of the molecule is CC(CN(Cc1ccccc1)Cc1ccccc1)=NO. The van der Waals surface area contributed by atoms with Gasteiger partial charge >= 0.3 is 0 Å². The predicted molar refractivity (Wildman–Crippen MR) is 81.9 cm³/mol. The van der Waals surface area contributed by atoms with Gasteiger partial charge in [-0.3, -0.25) is 4.90 Å². The molecule has 0 saturated heterocycles. The van der Waals surface area contributed by atoms with Crippen LogP contribution in [0.5, 0.6) is 0 Å². The second-order valence-electron chi connectivity index (χ2n) is 4.95. The molecule has 0 aromatic heterocycles. The molecule has 0 spiro atoms. The second-order valence-corrected chi connectivity index (χ2v) is 4.95. The third kappa shape index (κ3) is 4.52. The summed E-state index contributed by atoms with van der Waals surface area (Å²) in [7, 11) is 0. The molecule has 0 radical (unpaired) electrons. The van der Waals surface area contributed by atoms with E-state index < -0.39 is 0 Å². The monoisotopic (exact) mass is 268 g/mol. The van der Waals surface area contributed by atoms with Crippen LogP contribution in [0.4, 0.5) is 0 Å². The summed E-state index contributed by atoms with van der Waals surface area (Å²) in [5, 5.41) is 12.2. The summed E-state index contributed by atoms with van der Waals surface area (Å²) in [6, 6.07) is 20.7. The van der Waals surface area contributed by atoms with E-state index in [1.165, 1.54) is 11.1 Å². The first-order valence-electron chi connectivity index (χ1n) is 6.75. The molecule has 2 aromatic rings. The lowest BCUT2D eigenvalue weighted by Gasteiger charge is -2.22. The van der Waals surface area contributed by atoms with Crippen molar-refractivity contribution in [3.63, 3.8) is 0 Å². The van der Waals surface area contributed by atoms with E-state index in [1.807, 2.05) is 43.3 Å². The predicted octanol–water partition coefficient (Wildman–Crippen LogP) is 3.54. The molecule has 20 heavy (non-hydrogen) atoms. The zero-order valence-electron chi connectivity index (χ0n) is 11.7. The average Bonchev–Trinajstić information content (AvgIpc) is 2.49. The molecule has 1 N–H and O–H groups in total. The maximum atomic E-state index is 8.88. The van der Waals surface area contributed by atoms with Crippen LogP contribution in [0, 0.1) is 0 Å². The lowest BCUT2D eigenvalue weighted by molar-refractivity contribution is 0.280. The van der Waals surface area contributed by atoms with Crippen molar-refractivity contribution in [3.05, 3.63) is 71.8 Å². The van der Waals surface area contributed by atoms with E-state index in [9.17, 15) is 0 Å². The van der Waals surface area contributed by atoms with E-state index in [0.29, 0.717) is 6.54 Å². The smallest absolute Gasteiger partial charge is 0.0680 e. The molecule has 0 unspecified atom stereocenters. The highest BCUT2D eigenvalue weighted by atomic mass is 16.4. The number of rotatable bonds is 6. The second kappa shape index (κ2) is 7.46. The highest BCUT2D eigenvalue weighted by Gasteiger charge is 2.08. The fourth-order valence-electron chi connectivity index (χ4n) is 2.21. The maximum absolute atomic E-state index is 8.88. The van der Waals surface area contributed by atoms with Gasteiger partial charge in [-0.25, -0.2) is 0 Å². The molecule has 2 aromatic carbocycles. The van der Waals surface area contributed by atoms with Gasteiger partial charge < -0.3 is 5.21 Å². The molecule has 0 saturated carbocycles. The highest BCUT2D eigenvalue weighted by Crippen LogP contribution is 2.10. The first-order chi connectivity index (χ1) is 9.78. The molecule has 0 aliphatic carbocycles. The molecular weight excluding hydrogens is 248 g/mol. The molecule has 0 fully saturated rings. The molecule has 0 aliphatic heterocycles. The van der Waals surface area contributed by atoms with Gasteiger partial charge in [-0.05, 0) is 18.1 Å². The Morgan fingerprint density at radius 2 is 1.35 bits per heavy atom. The van der Waals surface area contributed by atoms with E-state index in [-0.39, 0.29) is 0 Å². The lowest BCUT2D eigenvalue weighted by Crippen LogP contribution is -2.28. The van der Waals surface area contributed by atoms with Gasteiger partial charge in [0.15, 0.2) is 0 Å². The van der Waals surface area contributed by atoms with E-state index >= 15 is 0 Å². The minimum absolute atomic E-state index is 0.653. The van der Waals surface area contributed by atoms with Crippen molar-refractivity contribution < 1.29 is 5.21 Å². The van der Waals surface area contributed by atoms with Crippen molar-refractivity contribution in [3.8, 4) is 0 Å². The molecule has 0 aliphatic rings. The fourth-order valence-corrected chi connectivity index (χ4v) is 2.21. The van der Waals surface area contributed by atoms with Gasteiger partial charge in [-0.15, -0.1) is 0 Å². The Kier molecular flexibility index (Phi) is 5.33. The van der Waals surface area contributed by atoms with Crippen LogP contribution in [0.15, 0.2) is 65.8 Å². The Morgan fingerprint density at radius 1 is 0.900 bits per heavy atom. The molecular formula is C17H20N2O. The van der Waals surface area contributed by atoms with E-state index in [0.717, 1.165) is 18.8 Å². The first kappa shape index (κ1) is 14.3. The van der Waals surface area contributed by atoms with Gasteiger partial charge in [0.2, 0.25) is 0 Å². The Hall–Kier alpha value is -2.13. The van der Waals surface area contributed by atoms with Gasteiger partial charge in [-0.2, -0.15) is 0 Å². The van der Waals surface area contributed by atoms with Crippen molar-refractivity contribution in [2.75, 3.05) is 6.54 Å². The standard InChI is InChI=1S/C17H20N2O/c1-15(18-20)12-19(13-16-8-4-2-5-9-16)14-17-10-6-3-7-11-17/h2-11,20H,12-14H2,1H3. The quantitative estimate of drug-likeness (QED) is 0.494. The molecule has 3 heteroatoms. The van der Waals surface area contributed by atoms with Crippen LogP contribution in [0.25, 0.3) is 0 Å². The van der Waals surface area contributed by atoms with E-state index in [4.69, 9.17) is 5.21 Å². The minimum Gasteiger partial charge on any atom is -0.411 e. The third-order valence-corrected chi connectivity index (χ3v) is 3.12. The Morgan fingerprint density at radius 3 is 1.75 bits per heavy atom. The van der Waals surface area contributed by atoms with Gasteiger partial charge in [0.05, 0.1) is 5.71 Å². The maximum Gasteiger partial charge on any atom is 0.0680 e. The van der Waals surface area contributed by atoms with Crippen LogP contribution in [0.1, 0.15) is 18.1 Å². The van der Waals surface area contributed by atoms with Crippen molar-refractivity contribution in [2.24, 2.45) is 5.16 Å². The topological polar surface area (TPSA) is 35.8 Å². The number of oxime groups is 1. The van der Waals surface area contributed by atoms with Crippen LogP contribution in [0.3, 0.4) is 0 Å². The largest absolute Gasteiger partial charge is 0.411 e. The van der Waals surface area contributed by atoms with Gasteiger partial charge in [0.1, 0.15) is 0 Å². The molecule has 0 bridgehead atoms. The fraction of sp³-hybridized carbons (Fsp3) is 0.235. The van der Waals surface area contributed by atoms with Crippen molar-refractivity contribution >= 4 is 5.71 Å². The number of hydrogen-bond acceptors (Lipinski definition) is 3.